The monoisotopic (exact) mass is 498 g/mol. The van der Waals surface area contributed by atoms with Crippen molar-refractivity contribution in [1.82, 2.24) is 20.1 Å². The zero-order chi connectivity index (χ0) is 25.9. The summed E-state index contributed by atoms with van der Waals surface area (Å²) in [7, 11) is 1.35. The number of hydrogen-bond donors (Lipinski definition) is 2. The van der Waals surface area contributed by atoms with Crippen molar-refractivity contribution >= 4 is 5.97 Å². The number of rotatable bonds is 7. The van der Waals surface area contributed by atoms with Gasteiger partial charge >= 0.3 is 5.97 Å². The van der Waals surface area contributed by atoms with Crippen LogP contribution in [-0.4, -0.2) is 39.5 Å². The van der Waals surface area contributed by atoms with Crippen molar-refractivity contribution in [2.24, 2.45) is 0 Å². The second kappa shape index (κ2) is 10.5. The van der Waals surface area contributed by atoms with Crippen molar-refractivity contribution in [3.05, 3.63) is 89.9 Å². The van der Waals surface area contributed by atoms with Gasteiger partial charge in [-0.3, -0.25) is 15.0 Å². The summed E-state index contributed by atoms with van der Waals surface area (Å²) in [5.41, 5.74) is 6.01. The summed E-state index contributed by atoms with van der Waals surface area (Å²) >= 11 is 0. The predicted molar refractivity (Wildman–Crippen MR) is 140 cm³/mol. The summed E-state index contributed by atoms with van der Waals surface area (Å²) in [5, 5.41) is 18.7. The van der Waals surface area contributed by atoms with Crippen LogP contribution in [0.3, 0.4) is 0 Å². The van der Waals surface area contributed by atoms with Gasteiger partial charge in [0.15, 0.2) is 0 Å². The maximum atomic E-state index is 12.6. The molecule has 37 heavy (non-hydrogen) atoms. The molecule has 2 aromatic carbocycles. The van der Waals surface area contributed by atoms with Crippen LogP contribution >= 0.6 is 0 Å². The van der Waals surface area contributed by atoms with E-state index >= 15 is 0 Å². The maximum absolute atomic E-state index is 12.6. The first-order valence-corrected chi connectivity index (χ1v) is 12.3. The fourth-order valence-corrected chi connectivity index (χ4v) is 4.57. The van der Waals surface area contributed by atoms with E-state index in [1.54, 1.807) is 12.4 Å². The molecule has 1 aliphatic heterocycles. The van der Waals surface area contributed by atoms with Crippen LogP contribution in [-0.2, 0) is 16.1 Å². The number of esters is 1. The Balaban J connectivity index is 1.48. The summed E-state index contributed by atoms with van der Waals surface area (Å²) in [5.74, 6) is 0.443. The smallest absolute Gasteiger partial charge is 0.351 e. The Morgan fingerprint density at radius 1 is 1.00 bits per heavy atom. The number of carbonyl (C=O) groups is 1. The fourth-order valence-electron chi connectivity index (χ4n) is 4.57. The van der Waals surface area contributed by atoms with Crippen molar-refractivity contribution in [2.45, 2.75) is 38.6 Å². The summed E-state index contributed by atoms with van der Waals surface area (Å²) in [6.45, 7) is 5.53. The van der Waals surface area contributed by atoms with E-state index in [9.17, 15) is 9.90 Å². The molecule has 8 heteroatoms. The van der Waals surface area contributed by atoms with Crippen molar-refractivity contribution in [3.63, 3.8) is 0 Å². The zero-order valence-electron chi connectivity index (χ0n) is 21.1. The van der Waals surface area contributed by atoms with Crippen LogP contribution < -0.4 is 10.1 Å². The van der Waals surface area contributed by atoms with E-state index in [1.807, 2.05) is 65.3 Å². The minimum absolute atomic E-state index is 0.388. The second-order valence-corrected chi connectivity index (χ2v) is 9.29. The number of fused-ring (bicyclic) bond motifs is 1. The molecule has 0 aliphatic carbocycles. The third-order valence-corrected chi connectivity index (χ3v) is 6.58. The molecule has 0 amide bonds. The van der Waals surface area contributed by atoms with Gasteiger partial charge in [-0.2, -0.15) is 5.10 Å². The minimum atomic E-state index is -0.889. The zero-order valence-corrected chi connectivity index (χ0v) is 21.1. The van der Waals surface area contributed by atoms with Crippen molar-refractivity contribution < 1.29 is 19.4 Å². The lowest BCUT2D eigenvalue weighted by Gasteiger charge is -2.22. The van der Waals surface area contributed by atoms with E-state index in [4.69, 9.17) is 14.6 Å². The molecule has 5 rings (SSSR count). The first kappa shape index (κ1) is 24.7. The minimum Gasteiger partial charge on any atom is -0.474 e. The van der Waals surface area contributed by atoms with Crippen LogP contribution in [0.4, 0.5) is 0 Å². The van der Waals surface area contributed by atoms with Crippen LogP contribution in [0.2, 0.25) is 0 Å². The van der Waals surface area contributed by atoms with E-state index < -0.39 is 18.3 Å². The number of nitrogens with one attached hydrogen (secondary N) is 1. The molecule has 0 fully saturated rings. The highest BCUT2D eigenvalue weighted by Gasteiger charge is 2.28. The van der Waals surface area contributed by atoms with Gasteiger partial charge in [0.25, 0.3) is 0 Å². The molecule has 1 aliphatic rings. The van der Waals surface area contributed by atoms with Gasteiger partial charge in [-0.25, -0.2) is 4.79 Å². The van der Waals surface area contributed by atoms with Gasteiger partial charge in [0.05, 0.1) is 19.3 Å². The average Bonchev–Trinajstić information content (AvgIpc) is 3.33. The third-order valence-electron chi connectivity index (χ3n) is 6.58. The highest BCUT2D eigenvalue weighted by Crippen LogP contribution is 2.38. The Labute approximate surface area is 215 Å². The van der Waals surface area contributed by atoms with Gasteiger partial charge in [-0.15, -0.1) is 0 Å². The lowest BCUT2D eigenvalue weighted by molar-refractivity contribution is -0.149. The average molecular weight is 499 g/mol. The molecule has 0 spiro atoms. The van der Waals surface area contributed by atoms with E-state index in [1.165, 1.54) is 12.7 Å². The van der Waals surface area contributed by atoms with E-state index in [0.717, 1.165) is 27.9 Å². The van der Waals surface area contributed by atoms with Crippen LogP contribution in [0.5, 0.6) is 5.75 Å². The molecule has 0 saturated heterocycles. The van der Waals surface area contributed by atoms with Crippen LogP contribution in [0, 0.1) is 0 Å². The molecule has 2 atom stereocenters. The van der Waals surface area contributed by atoms with E-state index in [0.29, 0.717) is 30.5 Å². The van der Waals surface area contributed by atoms with Gasteiger partial charge in [0.1, 0.15) is 17.7 Å². The standard InChI is InChI=1S/C29H30N4O4/c1-18(2)19-4-6-22(7-5-19)27(29(35)36-3)37-23-10-8-20(9-11-23)24-25(21-12-14-30-15-13-21)32-33-17-16-31-28(34)26(24)33/h4-15,18,27-28,31,34H,16-17H2,1-3H3. The molecular weight excluding hydrogens is 468 g/mol. The van der Waals surface area contributed by atoms with Crippen molar-refractivity contribution in [1.29, 1.82) is 0 Å². The lowest BCUT2D eigenvalue weighted by Crippen LogP contribution is -2.33. The lowest BCUT2D eigenvalue weighted by atomic mass is 9.98. The number of hydrogen-bond acceptors (Lipinski definition) is 7. The molecule has 3 heterocycles. The molecule has 0 bridgehead atoms. The molecule has 8 nitrogen and oxygen atoms in total. The molecule has 2 unspecified atom stereocenters. The maximum Gasteiger partial charge on any atom is 0.351 e. The largest absolute Gasteiger partial charge is 0.474 e. The number of aliphatic hydroxyl groups is 1. The SMILES string of the molecule is COC(=O)C(Oc1ccc(-c2c(-c3ccncc3)nn3c2C(O)NCC3)cc1)c1ccc(C(C)C)cc1. The number of nitrogens with zero attached hydrogens (tertiary/aromatic N) is 3. The quantitative estimate of drug-likeness (QED) is 0.359. The third kappa shape index (κ3) is 4.98. The van der Waals surface area contributed by atoms with Crippen LogP contribution in [0.25, 0.3) is 22.4 Å². The Kier molecular flexibility index (Phi) is 7.03. The fraction of sp³-hybridized carbons (Fsp3) is 0.276. The highest BCUT2D eigenvalue weighted by molar-refractivity contribution is 5.83. The molecule has 0 radical (unpaired) electrons. The predicted octanol–water partition coefficient (Wildman–Crippen LogP) is 4.62. The topological polar surface area (TPSA) is 98.5 Å². The Morgan fingerprint density at radius 3 is 2.32 bits per heavy atom. The number of ether oxygens (including phenoxy) is 2. The normalized spacial score (nSPS) is 15.8. The van der Waals surface area contributed by atoms with E-state index in [-0.39, 0.29) is 0 Å². The molecule has 0 saturated carbocycles. The Bertz CT molecular complexity index is 1370. The van der Waals surface area contributed by atoms with Gasteiger partial charge < -0.3 is 14.6 Å². The van der Waals surface area contributed by atoms with Crippen molar-refractivity contribution in [3.8, 4) is 28.1 Å². The van der Waals surface area contributed by atoms with Crippen molar-refractivity contribution in [2.75, 3.05) is 13.7 Å². The number of aliphatic hydroxyl groups excluding tert-OH is 1. The Morgan fingerprint density at radius 2 is 1.68 bits per heavy atom. The number of carbonyl (C=O) groups excluding carboxylic acids is 1. The van der Waals surface area contributed by atoms with Crippen LogP contribution in [0.15, 0.2) is 73.1 Å². The molecule has 4 aromatic rings. The first-order chi connectivity index (χ1) is 18.0. The summed E-state index contributed by atoms with van der Waals surface area (Å²) in [6.07, 6.45) is 1.73. The molecule has 2 aromatic heterocycles. The second-order valence-electron chi connectivity index (χ2n) is 9.29. The molecule has 190 valence electrons. The molecule has 2 N–H and O–H groups in total. The highest BCUT2D eigenvalue weighted by atomic mass is 16.6. The summed E-state index contributed by atoms with van der Waals surface area (Å²) in [6, 6.07) is 19.1. The van der Waals surface area contributed by atoms with Gasteiger partial charge in [-0.1, -0.05) is 50.2 Å². The number of aromatic nitrogens is 3. The molecular formula is C29H30N4O4. The van der Waals surface area contributed by atoms with Gasteiger partial charge in [0.2, 0.25) is 6.10 Å². The van der Waals surface area contributed by atoms with Gasteiger partial charge in [-0.05, 0) is 41.3 Å². The summed E-state index contributed by atoms with van der Waals surface area (Å²) < 4.78 is 13.0. The van der Waals surface area contributed by atoms with E-state index in [2.05, 4.69) is 24.1 Å². The number of methoxy groups -OCH3 is 1. The summed E-state index contributed by atoms with van der Waals surface area (Å²) in [4.78, 5) is 16.7. The first-order valence-electron chi connectivity index (χ1n) is 12.3. The number of pyridine rings is 1. The van der Waals surface area contributed by atoms with Crippen LogP contribution in [0.1, 0.15) is 48.9 Å². The Hall–Kier alpha value is -4.01. The van der Waals surface area contributed by atoms with Gasteiger partial charge in [0, 0.05) is 35.6 Å². The number of benzene rings is 2.